The minimum Gasteiger partial charge on any atom is -0.461 e. The molecular weight excluding hydrogens is 166 g/mol. The fourth-order valence-corrected chi connectivity index (χ4v) is 1.05. The lowest BCUT2D eigenvalue weighted by molar-refractivity contribution is 0.101. The molecular formula is C10H7NO2. The summed E-state index contributed by atoms with van der Waals surface area (Å²) in [5.41, 5.74) is 0.588. The predicted molar refractivity (Wildman–Crippen MR) is 46.4 cm³/mol. The van der Waals surface area contributed by atoms with Gasteiger partial charge in [-0.15, -0.1) is 0 Å². The van der Waals surface area contributed by atoms with Crippen LogP contribution in [0, 0.1) is 0 Å². The van der Waals surface area contributed by atoms with E-state index < -0.39 is 0 Å². The number of ketones is 1. The molecule has 0 saturated carbocycles. The topological polar surface area (TPSA) is 43.1 Å². The monoisotopic (exact) mass is 173 g/mol. The molecule has 0 bridgehead atoms. The van der Waals surface area contributed by atoms with Crippen LogP contribution in [0.1, 0.15) is 16.1 Å². The Morgan fingerprint density at radius 1 is 1.23 bits per heavy atom. The average Bonchev–Trinajstić information content (AvgIpc) is 2.71. The van der Waals surface area contributed by atoms with E-state index in [9.17, 15) is 4.79 Å². The molecule has 64 valence electrons. The Hall–Kier alpha value is -1.90. The van der Waals surface area contributed by atoms with Gasteiger partial charge in [-0.25, -0.2) is 0 Å². The van der Waals surface area contributed by atoms with Gasteiger partial charge >= 0.3 is 0 Å². The van der Waals surface area contributed by atoms with Gasteiger partial charge in [0, 0.05) is 18.0 Å². The molecule has 0 atom stereocenters. The van der Waals surface area contributed by atoms with Crippen molar-refractivity contribution in [2.24, 2.45) is 0 Å². The molecule has 0 radical (unpaired) electrons. The van der Waals surface area contributed by atoms with Gasteiger partial charge in [0.2, 0.25) is 5.78 Å². The Balaban J connectivity index is 2.34. The molecule has 0 N–H and O–H groups in total. The fraction of sp³-hybridized carbons (Fsp3) is 0. The van der Waals surface area contributed by atoms with Crippen molar-refractivity contribution in [3.05, 3.63) is 54.2 Å². The van der Waals surface area contributed by atoms with Crippen LogP contribution in [-0.4, -0.2) is 10.8 Å². The Morgan fingerprint density at radius 3 is 2.62 bits per heavy atom. The van der Waals surface area contributed by atoms with E-state index in [1.165, 1.54) is 6.26 Å². The third-order valence-electron chi connectivity index (χ3n) is 1.69. The molecule has 13 heavy (non-hydrogen) atoms. The van der Waals surface area contributed by atoms with Crippen molar-refractivity contribution >= 4 is 5.78 Å². The highest BCUT2D eigenvalue weighted by molar-refractivity contribution is 6.06. The Labute approximate surface area is 75.0 Å². The largest absolute Gasteiger partial charge is 0.461 e. The van der Waals surface area contributed by atoms with Crippen LogP contribution in [0.15, 0.2) is 47.3 Å². The van der Waals surface area contributed by atoms with E-state index in [2.05, 4.69) is 4.98 Å². The molecule has 2 rings (SSSR count). The summed E-state index contributed by atoms with van der Waals surface area (Å²) in [5, 5.41) is 0. The zero-order chi connectivity index (χ0) is 9.10. The number of carbonyl (C=O) groups excluding carboxylic acids is 1. The van der Waals surface area contributed by atoms with Crippen molar-refractivity contribution < 1.29 is 9.21 Å². The van der Waals surface area contributed by atoms with Crippen LogP contribution in [-0.2, 0) is 0 Å². The Bertz CT molecular complexity index is 392. The number of aromatic nitrogens is 1. The summed E-state index contributed by atoms with van der Waals surface area (Å²) in [4.78, 5) is 15.4. The van der Waals surface area contributed by atoms with Crippen LogP contribution < -0.4 is 0 Å². The van der Waals surface area contributed by atoms with Crippen LogP contribution in [0.25, 0.3) is 0 Å². The SMILES string of the molecule is O=C(c1ccncc1)c1ccco1. The van der Waals surface area contributed by atoms with Crippen LogP contribution in [0.4, 0.5) is 0 Å². The van der Waals surface area contributed by atoms with Crippen molar-refractivity contribution in [1.29, 1.82) is 0 Å². The molecule has 0 aliphatic heterocycles. The van der Waals surface area contributed by atoms with E-state index in [0.29, 0.717) is 11.3 Å². The minimum atomic E-state index is -0.118. The molecule has 0 unspecified atom stereocenters. The molecule has 0 saturated heterocycles. The molecule has 0 amide bonds. The first-order valence-corrected chi connectivity index (χ1v) is 3.86. The lowest BCUT2D eigenvalue weighted by atomic mass is 10.1. The number of carbonyl (C=O) groups is 1. The zero-order valence-electron chi connectivity index (χ0n) is 6.81. The molecule has 3 nitrogen and oxygen atoms in total. The molecule has 2 aromatic heterocycles. The van der Waals surface area contributed by atoms with E-state index in [0.717, 1.165) is 0 Å². The van der Waals surface area contributed by atoms with Gasteiger partial charge in [0.25, 0.3) is 0 Å². The summed E-state index contributed by atoms with van der Waals surface area (Å²) in [6.45, 7) is 0. The molecule has 2 aromatic rings. The summed E-state index contributed by atoms with van der Waals surface area (Å²) in [5.74, 6) is 0.235. The second-order valence-corrected chi connectivity index (χ2v) is 2.54. The van der Waals surface area contributed by atoms with E-state index in [4.69, 9.17) is 4.42 Å². The van der Waals surface area contributed by atoms with Crippen LogP contribution in [0.5, 0.6) is 0 Å². The van der Waals surface area contributed by atoms with Crippen LogP contribution in [0.2, 0.25) is 0 Å². The van der Waals surface area contributed by atoms with Crippen molar-refractivity contribution in [2.45, 2.75) is 0 Å². The zero-order valence-corrected chi connectivity index (χ0v) is 6.81. The fourth-order valence-electron chi connectivity index (χ4n) is 1.05. The number of pyridine rings is 1. The van der Waals surface area contributed by atoms with E-state index in [1.807, 2.05) is 0 Å². The maximum Gasteiger partial charge on any atom is 0.228 e. The Morgan fingerprint density at radius 2 is 2.00 bits per heavy atom. The molecule has 2 heterocycles. The number of furan rings is 1. The Kier molecular flexibility index (Phi) is 1.92. The van der Waals surface area contributed by atoms with Gasteiger partial charge in [-0.05, 0) is 24.3 Å². The number of nitrogens with zero attached hydrogens (tertiary/aromatic N) is 1. The van der Waals surface area contributed by atoms with E-state index in [1.54, 1.807) is 36.7 Å². The second-order valence-electron chi connectivity index (χ2n) is 2.54. The van der Waals surface area contributed by atoms with Gasteiger partial charge in [0.1, 0.15) is 0 Å². The normalized spacial score (nSPS) is 9.85. The van der Waals surface area contributed by atoms with Gasteiger partial charge in [0.05, 0.1) is 6.26 Å². The maximum absolute atomic E-state index is 11.6. The maximum atomic E-state index is 11.6. The highest BCUT2D eigenvalue weighted by Crippen LogP contribution is 2.08. The first kappa shape index (κ1) is 7.73. The van der Waals surface area contributed by atoms with E-state index in [-0.39, 0.29) is 5.78 Å². The average molecular weight is 173 g/mol. The molecule has 0 spiro atoms. The lowest BCUT2D eigenvalue weighted by Gasteiger charge is -1.94. The summed E-state index contributed by atoms with van der Waals surface area (Å²) >= 11 is 0. The lowest BCUT2D eigenvalue weighted by Crippen LogP contribution is -1.98. The molecule has 0 fully saturated rings. The second kappa shape index (κ2) is 3.23. The third kappa shape index (κ3) is 1.49. The van der Waals surface area contributed by atoms with E-state index >= 15 is 0 Å². The van der Waals surface area contributed by atoms with Crippen molar-refractivity contribution in [2.75, 3.05) is 0 Å². The van der Waals surface area contributed by atoms with Crippen molar-refractivity contribution in [3.63, 3.8) is 0 Å². The summed E-state index contributed by atoms with van der Waals surface area (Å²) in [7, 11) is 0. The van der Waals surface area contributed by atoms with Gasteiger partial charge in [-0.1, -0.05) is 0 Å². The van der Waals surface area contributed by atoms with Crippen LogP contribution >= 0.6 is 0 Å². The standard InChI is InChI=1S/C10H7NO2/c12-10(9-2-1-7-13-9)8-3-5-11-6-4-8/h1-7H. The van der Waals surface area contributed by atoms with Crippen molar-refractivity contribution in [3.8, 4) is 0 Å². The van der Waals surface area contributed by atoms with Crippen LogP contribution in [0.3, 0.4) is 0 Å². The van der Waals surface area contributed by atoms with Gasteiger partial charge in [0.15, 0.2) is 5.76 Å². The van der Waals surface area contributed by atoms with Gasteiger partial charge < -0.3 is 4.42 Å². The third-order valence-corrected chi connectivity index (χ3v) is 1.69. The predicted octanol–water partition coefficient (Wildman–Crippen LogP) is 1.91. The molecule has 0 aliphatic carbocycles. The first-order valence-electron chi connectivity index (χ1n) is 3.86. The first-order chi connectivity index (χ1) is 6.38. The molecule has 0 aromatic carbocycles. The van der Waals surface area contributed by atoms with Gasteiger partial charge in [-0.3, -0.25) is 9.78 Å². The van der Waals surface area contributed by atoms with Crippen molar-refractivity contribution in [1.82, 2.24) is 4.98 Å². The number of hydrogen-bond acceptors (Lipinski definition) is 3. The minimum absolute atomic E-state index is 0.118. The molecule has 3 heteroatoms. The highest BCUT2D eigenvalue weighted by Gasteiger charge is 2.10. The number of rotatable bonds is 2. The summed E-state index contributed by atoms with van der Waals surface area (Å²) in [6, 6.07) is 6.65. The highest BCUT2D eigenvalue weighted by atomic mass is 16.3. The summed E-state index contributed by atoms with van der Waals surface area (Å²) < 4.78 is 4.98. The smallest absolute Gasteiger partial charge is 0.228 e. The van der Waals surface area contributed by atoms with Gasteiger partial charge in [-0.2, -0.15) is 0 Å². The number of hydrogen-bond donors (Lipinski definition) is 0. The quantitative estimate of drug-likeness (QED) is 0.651. The molecule has 0 aliphatic rings. The summed E-state index contributed by atoms with van der Waals surface area (Å²) in [6.07, 6.45) is 4.64.